The molecule has 2 aliphatic rings. The maximum atomic E-state index is 13.3. The molecule has 5 aromatic rings. The second-order valence-electron chi connectivity index (χ2n) is 10.1. The zero-order chi connectivity index (χ0) is 31.3. The molecule has 0 saturated heterocycles. The van der Waals surface area contributed by atoms with E-state index in [0.717, 1.165) is 16.7 Å². The smallest absolute Gasteiger partial charge is 0.411 e. The third kappa shape index (κ3) is 6.73. The summed E-state index contributed by atoms with van der Waals surface area (Å²) < 4.78 is 6.19. The molecule has 13 nitrogen and oxygen atoms in total. The van der Waals surface area contributed by atoms with Crippen LogP contribution in [0.4, 0.5) is 10.5 Å². The van der Waals surface area contributed by atoms with Crippen LogP contribution in [0.1, 0.15) is 38.9 Å². The number of anilines is 1. The number of aromatic nitrogens is 6. The monoisotopic (exact) mass is 623 g/mol. The molecule has 14 heteroatoms. The summed E-state index contributed by atoms with van der Waals surface area (Å²) in [6.07, 6.45) is 5.96. The summed E-state index contributed by atoms with van der Waals surface area (Å²) >= 11 is 6.23. The number of amides is 3. The van der Waals surface area contributed by atoms with Gasteiger partial charge in [-0.1, -0.05) is 29.8 Å². The Morgan fingerprint density at radius 2 is 1.96 bits per heavy atom. The van der Waals surface area contributed by atoms with Crippen LogP contribution in [0.25, 0.3) is 23.0 Å². The van der Waals surface area contributed by atoms with Gasteiger partial charge in [0.25, 0.3) is 5.91 Å². The van der Waals surface area contributed by atoms with E-state index in [1.165, 1.54) is 24.2 Å². The molecule has 7 rings (SSSR count). The lowest BCUT2D eigenvalue weighted by atomic mass is 10.0. The molecule has 45 heavy (non-hydrogen) atoms. The van der Waals surface area contributed by atoms with E-state index in [0.29, 0.717) is 45.5 Å². The van der Waals surface area contributed by atoms with Gasteiger partial charge in [-0.2, -0.15) is 4.68 Å². The SMILES string of the molecule is COC(=O)Nc1ccc2c(c1)CNC(=O)c1ccc(cc1)C[C@H](NC(=O)C=Cc1cc(Cl)ccc1-n1cnnn1)c1ncc-2[nH]1. The number of halogens is 1. The molecule has 226 valence electrons. The number of nitrogens with zero attached hydrogens (tertiary/aromatic N) is 5. The molecule has 4 heterocycles. The molecule has 2 aliphatic heterocycles. The fourth-order valence-corrected chi connectivity index (χ4v) is 5.13. The summed E-state index contributed by atoms with van der Waals surface area (Å²) in [6.45, 7) is 0.183. The first-order valence-electron chi connectivity index (χ1n) is 13.8. The predicted molar refractivity (Wildman–Crippen MR) is 165 cm³/mol. The van der Waals surface area contributed by atoms with Gasteiger partial charge in [0.15, 0.2) is 0 Å². The van der Waals surface area contributed by atoms with Crippen molar-refractivity contribution in [1.82, 2.24) is 40.8 Å². The van der Waals surface area contributed by atoms with Gasteiger partial charge >= 0.3 is 6.09 Å². The zero-order valence-corrected chi connectivity index (χ0v) is 24.6. The van der Waals surface area contributed by atoms with Gasteiger partial charge in [0, 0.05) is 40.0 Å². The summed E-state index contributed by atoms with van der Waals surface area (Å²) in [5, 5.41) is 20.4. The molecular weight excluding hydrogens is 598 g/mol. The molecule has 0 saturated carbocycles. The molecule has 3 aromatic carbocycles. The lowest BCUT2D eigenvalue weighted by Gasteiger charge is -2.17. The lowest BCUT2D eigenvalue weighted by molar-refractivity contribution is -0.117. The van der Waals surface area contributed by atoms with Crippen molar-refractivity contribution in [1.29, 1.82) is 0 Å². The number of benzene rings is 3. The van der Waals surface area contributed by atoms with Gasteiger partial charge in [0.2, 0.25) is 5.91 Å². The predicted octanol–water partition coefficient (Wildman–Crippen LogP) is 4.24. The van der Waals surface area contributed by atoms with Gasteiger partial charge in [-0.25, -0.2) is 9.78 Å². The van der Waals surface area contributed by atoms with E-state index in [4.69, 9.17) is 16.3 Å². The highest BCUT2D eigenvalue weighted by Crippen LogP contribution is 2.28. The number of aromatic amines is 1. The van der Waals surface area contributed by atoms with E-state index < -0.39 is 12.1 Å². The molecule has 4 N–H and O–H groups in total. The van der Waals surface area contributed by atoms with Gasteiger partial charge in [0.1, 0.15) is 12.2 Å². The van der Waals surface area contributed by atoms with Gasteiger partial charge in [0.05, 0.1) is 30.7 Å². The highest BCUT2D eigenvalue weighted by atomic mass is 35.5. The number of nitrogens with one attached hydrogen (secondary N) is 4. The summed E-state index contributed by atoms with van der Waals surface area (Å²) in [5.74, 6) is -0.0772. The standard InChI is InChI=1S/C31H26ClN9O4/c1-45-31(44)36-23-8-9-24-21(14-23)15-34-30(43)19-4-2-18(3-5-19)12-25(29-33-16-26(24)38-29)37-28(42)11-6-20-13-22(32)7-10-27(20)41-17-35-39-40-41/h2-11,13-14,16-17,25H,12,15H2,1H3,(H,33,38)(H,34,43)(H,36,44)(H,37,42)/t25-/m0/s1. The lowest BCUT2D eigenvalue weighted by Crippen LogP contribution is -2.29. The second-order valence-corrected chi connectivity index (χ2v) is 10.5. The number of methoxy groups -OCH3 is 1. The first kappa shape index (κ1) is 29.3. The quantitative estimate of drug-likeness (QED) is 0.211. The van der Waals surface area contributed by atoms with Crippen molar-refractivity contribution in [3.63, 3.8) is 0 Å². The Morgan fingerprint density at radius 1 is 1.11 bits per heavy atom. The summed E-state index contributed by atoms with van der Waals surface area (Å²) in [6, 6.07) is 17.1. The fraction of sp³-hybridized carbons (Fsp3) is 0.129. The van der Waals surface area contributed by atoms with E-state index in [1.54, 1.807) is 54.7 Å². The molecule has 0 spiro atoms. The number of hydrogen-bond acceptors (Lipinski definition) is 8. The number of carbonyl (C=O) groups is 3. The summed E-state index contributed by atoms with van der Waals surface area (Å²) in [7, 11) is 1.28. The number of rotatable bonds is 5. The Morgan fingerprint density at radius 3 is 2.73 bits per heavy atom. The molecule has 0 unspecified atom stereocenters. The Bertz CT molecular complexity index is 1900. The van der Waals surface area contributed by atoms with Crippen molar-refractivity contribution in [2.75, 3.05) is 12.4 Å². The molecular formula is C31H26ClN9O4. The van der Waals surface area contributed by atoms with Crippen molar-refractivity contribution < 1.29 is 19.1 Å². The van der Waals surface area contributed by atoms with Crippen molar-refractivity contribution in [3.05, 3.63) is 112 Å². The average Bonchev–Trinajstić information content (AvgIpc) is 3.76. The van der Waals surface area contributed by atoms with Crippen LogP contribution in [0.3, 0.4) is 0 Å². The summed E-state index contributed by atoms with van der Waals surface area (Å²) in [5.41, 5.74) is 5.33. The van der Waals surface area contributed by atoms with Crippen LogP contribution in [0.2, 0.25) is 5.02 Å². The maximum Gasteiger partial charge on any atom is 0.411 e. The van der Waals surface area contributed by atoms with Crippen LogP contribution >= 0.6 is 11.6 Å². The minimum Gasteiger partial charge on any atom is -0.453 e. The third-order valence-corrected chi connectivity index (χ3v) is 7.40. The van der Waals surface area contributed by atoms with Gasteiger partial charge in [-0.05, 0) is 76.5 Å². The van der Waals surface area contributed by atoms with E-state index in [9.17, 15) is 14.4 Å². The second kappa shape index (κ2) is 12.8. The molecule has 0 fully saturated rings. The normalized spacial score (nSPS) is 14.4. The molecule has 0 aliphatic carbocycles. The van der Waals surface area contributed by atoms with Crippen LogP contribution in [0.15, 0.2) is 79.3 Å². The minimum atomic E-state index is -0.613. The first-order chi connectivity index (χ1) is 21.9. The number of carbonyl (C=O) groups excluding carboxylic acids is 3. The Kier molecular flexibility index (Phi) is 8.33. The molecule has 1 atom stereocenters. The minimum absolute atomic E-state index is 0.183. The zero-order valence-electron chi connectivity index (χ0n) is 23.8. The van der Waals surface area contributed by atoms with E-state index in [1.807, 2.05) is 18.2 Å². The van der Waals surface area contributed by atoms with E-state index in [-0.39, 0.29) is 18.4 Å². The van der Waals surface area contributed by atoms with Crippen LogP contribution in [-0.2, 0) is 22.5 Å². The van der Waals surface area contributed by atoms with Crippen LogP contribution in [0, 0.1) is 0 Å². The molecule has 3 amide bonds. The van der Waals surface area contributed by atoms with E-state index in [2.05, 4.69) is 41.4 Å². The number of ether oxygens (including phenoxy) is 1. The first-order valence-corrected chi connectivity index (χ1v) is 14.2. The summed E-state index contributed by atoms with van der Waals surface area (Å²) in [4.78, 5) is 46.0. The highest BCUT2D eigenvalue weighted by molar-refractivity contribution is 6.30. The topological polar surface area (TPSA) is 169 Å². The number of imidazole rings is 1. The Labute approximate surface area is 261 Å². The average molecular weight is 624 g/mol. The number of fused-ring (bicyclic) bond motifs is 5. The van der Waals surface area contributed by atoms with Crippen molar-refractivity contribution in [2.24, 2.45) is 0 Å². The Balaban J connectivity index is 1.32. The van der Waals surface area contributed by atoms with Crippen LogP contribution < -0.4 is 16.0 Å². The van der Waals surface area contributed by atoms with Crippen LogP contribution in [0.5, 0.6) is 0 Å². The molecule has 4 bridgehead atoms. The fourth-order valence-electron chi connectivity index (χ4n) is 4.95. The van der Waals surface area contributed by atoms with Crippen molar-refractivity contribution >= 4 is 41.3 Å². The third-order valence-electron chi connectivity index (χ3n) is 7.16. The number of tetrazole rings is 1. The van der Waals surface area contributed by atoms with Gasteiger partial charge < -0.3 is 20.4 Å². The van der Waals surface area contributed by atoms with E-state index >= 15 is 0 Å². The highest BCUT2D eigenvalue weighted by Gasteiger charge is 2.21. The Hall–Kier alpha value is -5.82. The molecule has 0 radical (unpaired) electrons. The van der Waals surface area contributed by atoms with Gasteiger partial charge in [-0.3, -0.25) is 14.9 Å². The molecule has 2 aromatic heterocycles. The van der Waals surface area contributed by atoms with Gasteiger partial charge in [-0.15, -0.1) is 5.10 Å². The number of hydrogen-bond donors (Lipinski definition) is 4. The number of H-pyrrole nitrogens is 1. The van der Waals surface area contributed by atoms with Crippen molar-refractivity contribution in [2.45, 2.75) is 19.0 Å². The largest absolute Gasteiger partial charge is 0.453 e. The van der Waals surface area contributed by atoms with Crippen molar-refractivity contribution in [3.8, 4) is 16.9 Å². The maximum absolute atomic E-state index is 13.3. The van der Waals surface area contributed by atoms with Crippen LogP contribution in [-0.4, -0.2) is 55.2 Å².